The van der Waals surface area contributed by atoms with Gasteiger partial charge in [-0.1, -0.05) is 35.5 Å². The Balaban J connectivity index is 1.70. The van der Waals surface area contributed by atoms with Gasteiger partial charge in [0.1, 0.15) is 17.4 Å². The number of anilines is 1. The fraction of sp³-hybridized carbons (Fsp3) is 0.292. The maximum atomic E-state index is 12.7. The van der Waals surface area contributed by atoms with E-state index in [1.54, 1.807) is 19.9 Å². The van der Waals surface area contributed by atoms with Crippen LogP contribution in [0.2, 0.25) is 0 Å². The molecule has 2 amide bonds. The predicted octanol–water partition coefficient (Wildman–Crippen LogP) is 3.73. The standard InChI is InChI=1S/C24H27N5O5S2/c1-5-11-29-17(12-34-16-9-7-14(3)8-10-16)27-28-24(29)35-13-18(30)26-22-19(23(32)33-6-2)15(4)20(36-22)21(25)31/h5,7-10H,1,6,11-13H2,2-4H3,(H2,25,31)(H,26,30). The van der Waals surface area contributed by atoms with Crippen molar-refractivity contribution in [1.82, 2.24) is 14.8 Å². The molecule has 0 saturated heterocycles. The van der Waals surface area contributed by atoms with Gasteiger partial charge in [0, 0.05) is 6.54 Å². The van der Waals surface area contributed by atoms with Crippen LogP contribution in [0.5, 0.6) is 5.75 Å². The van der Waals surface area contributed by atoms with Crippen molar-refractivity contribution in [2.24, 2.45) is 5.73 Å². The fourth-order valence-corrected chi connectivity index (χ4v) is 5.04. The molecule has 0 atom stereocenters. The van der Waals surface area contributed by atoms with E-state index in [2.05, 4.69) is 22.1 Å². The number of hydrogen-bond acceptors (Lipinski definition) is 9. The second-order valence-electron chi connectivity index (χ2n) is 7.58. The van der Waals surface area contributed by atoms with Crippen LogP contribution < -0.4 is 15.8 Å². The van der Waals surface area contributed by atoms with Crippen LogP contribution in [0.4, 0.5) is 5.00 Å². The summed E-state index contributed by atoms with van der Waals surface area (Å²) in [6, 6.07) is 7.67. The average Bonchev–Trinajstić information content (AvgIpc) is 3.37. The number of nitrogens with zero attached hydrogens (tertiary/aromatic N) is 3. The Bertz CT molecular complexity index is 1270. The van der Waals surface area contributed by atoms with E-state index in [4.69, 9.17) is 15.2 Å². The number of carbonyl (C=O) groups is 3. The highest BCUT2D eigenvalue weighted by Crippen LogP contribution is 2.34. The number of nitrogens with two attached hydrogens (primary N) is 1. The highest BCUT2D eigenvalue weighted by molar-refractivity contribution is 7.99. The number of primary amides is 1. The third-order valence-electron chi connectivity index (χ3n) is 4.93. The summed E-state index contributed by atoms with van der Waals surface area (Å²) in [5.74, 6) is -0.432. The van der Waals surface area contributed by atoms with Crippen LogP contribution in [-0.2, 0) is 22.7 Å². The van der Waals surface area contributed by atoms with Gasteiger partial charge in [-0.3, -0.25) is 14.2 Å². The van der Waals surface area contributed by atoms with Crippen molar-refractivity contribution in [3.8, 4) is 5.75 Å². The molecule has 0 aliphatic carbocycles. The van der Waals surface area contributed by atoms with Crippen LogP contribution >= 0.6 is 23.1 Å². The molecule has 2 heterocycles. The number of thiophene rings is 1. The minimum atomic E-state index is -0.684. The molecule has 190 valence electrons. The quantitative estimate of drug-likeness (QED) is 0.206. The second kappa shape index (κ2) is 12.4. The first-order valence-electron chi connectivity index (χ1n) is 11.0. The summed E-state index contributed by atoms with van der Waals surface area (Å²) in [6.45, 7) is 9.82. The molecule has 36 heavy (non-hydrogen) atoms. The summed E-state index contributed by atoms with van der Waals surface area (Å²) in [6.07, 6.45) is 1.70. The molecule has 3 rings (SSSR count). The summed E-state index contributed by atoms with van der Waals surface area (Å²) < 4.78 is 12.7. The van der Waals surface area contributed by atoms with Crippen LogP contribution in [0.25, 0.3) is 0 Å². The molecule has 3 N–H and O–H groups in total. The Hall–Kier alpha value is -3.64. The SMILES string of the molecule is C=CCn1c(COc2ccc(C)cc2)nnc1SCC(=O)Nc1sc(C(N)=O)c(C)c1C(=O)OCC. The number of nitrogens with one attached hydrogen (secondary N) is 1. The molecular formula is C24H27N5O5S2. The van der Waals surface area contributed by atoms with Crippen molar-refractivity contribution in [3.05, 3.63) is 64.3 Å². The van der Waals surface area contributed by atoms with Gasteiger partial charge in [-0.05, 0) is 38.5 Å². The summed E-state index contributed by atoms with van der Waals surface area (Å²) >= 11 is 2.11. The molecule has 0 aliphatic heterocycles. The average molecular weight is 530 g/mol. The maximum Gasteiger partial charge on any atom is 0.341 e. The Morgan fingerprint density at radius 2 is 1.94 bits per heavy atom. The van der Waals surface area contributed by atoms with Crippen LogP contribution in [0.3, 0.4) is 0 Å². The number of rotatable bonds is 12. The van der Waals surface area contributed by atoms with Gasteiger partial charge < -0.3 is 20.5 Å². The van der Waals surface area contributed by atoms with Gasteiger partial charge in [0.25, 0.3) is 5.91 Å². The third kappa shape index (κ3) is 6.52. The van der Waals surface area contributed by atoms with Crippen LogP contribution in [0, 0.1) is 13.8 Å². The van der Waals surface area contributed by atoms with E-state index in [0.29, 0.717) is 28.8 Å². The first kappa shape index (κ1) is 27.0. The second-order valence-corrected chi connectivity index (χ2v) is 9.54. The normalized spacial score (nSPS) is 10.6. The van der Waals surface area contributed by atoms with Crippen molar-refractivity contribution >= 4 is 45.9 Å². The zero-order valence-electron chi connectivity index (χ0n) is 20.2. The number of esters is 1. The van der Waals surface area contributed by atoms with Crippen LogP contribution in [0.15, 0.2) is 42.1 Å². The zero-order valence-corrected chi connectivity index (χ0v) is 21.8. The minimum absolute atomic E-state index is 0.0147. The van der Waals surface area contributed by atoms with Crippen molar-refractivity contribution in [2.75, 3.05) is 17.7 Å². The highest BCUT2D eigenvalue weighted by Gasteiger charge is 2.26. The van der Waals surface area contributed by atoms with E-state index < -0.39 is 17.8 Å². The van der Waals surface area contributed by atoms with E-state index in [1.165, 1.54) is 11.8 Å². The van der Waals surface area contributed by atoms with Gasteiger partial charge in [-0.2, -0.15) is 0 Å². The first-order valence-corrected chi connectivity index (χ1v) is 12.8. The Morgan fingerprint density at radius 3 is 2.58 bits per heavy atom. The van der Waals surface area contributed by atoms with E-state index >= 15 is 0 Å². The van der Waals surface area contributed by atoms with Crippen molar-refractivity contribution < 1.29 is 23.9 Å². The van der Waals surface area contributed by atoms with Gasteiger partial charge >= 0.3 is 5.97 Å². The van der Waals surface area contributed by atoms with Gasteiger partial charge in [-0.15, -0.1) is 28.1 Å². The van der Waals surface area contributed by atoms with Gasteiger partial charge in [0.15, 0.2) is 11.0 Å². The molecule has 0 spiro atoms. The maximum absolute atomic E-state index is 12.7. The predicted molar refractivity (Wildman–Crippen MR) is 139 cm³/mol. The first-order chi connectivity index (χ1) is 17.2. The monoisotopic (exact) mass is 529 g/mol. The molecule has 2 aromatic heterocycles. The number of ether oxygens (including phenoxy) is 2. The number of hydrogen-bond donors (Lipinski definition) is 2. The van der Waals surface area contributed by atoms with Crippen LogP contribution in [0.1, 0.15) is 43.9 Å². The van der Waals surface area contributed by atoms with Crippen molar-refractivity contribution in [1.29, 1.82) is 0 Å². The topological polar surface area (TPSA) is 138 Å². The number of benzene rings is 1. The van der Waals surface area contributed by atoms with Crippen molar-refractivity contribution in [2.45, 2.75) is 39.1 Å². The lowest BCUT2D eigenvalue weighted by Crippen LogP contribution is -2.17. The number of amides is 2. The molecule has 12 heteroatoms. The van der Waals surface area contributed by atoms with E-state index in [1.807, 2.05) is 35.8 Å². The van der Waals surface area contributed by atoms with E-state index in [0.717, 1.165) is 16.9 Å². The molecule has 0 radical (unpaired) electrons. The van der Waals surface area contributed by atoms with E-state index in [-0.39, 0.29) is 34.4 Å². The van der Waals surface area contributed by atoms with Crippen molar-refractivity contribution in [3.63, 3.8) is 0 Å². The largest absolute Gasteiger partial charge is 0.486 e. The Morgan fingerprint density at radius 1 is 1.22 bits per heavy atom. The van der Waals surface area contributed by atoms with Gasteiger partial charge in [-0.25, -0.2) is 4.79 Å². The summed E-state index contributed by atoms with van der Waals surface area (Å²) in [5.41, 5.74) is 7.05. The summed E-state index contributed by atoms with van der Waals surface area (Å²) in [4.78, 5) is 37.1. The molecule has 3 aromatic rings. The Kier molecular flexibility index (Phi) is 9.25. The smallest absolute Gasteiger partial charge is 0.341 e. The number of thioether (sulfide) groups is 1. The summed E-state index contributed by atoms with van der Waals surface area (Å²) in [7, 11) is 0. The molecule has 0 bridgehead atoms. The lowest BCUT2D eigenvalue weighted by molar-refractivity contribution is -0.113. The van der Waals surface area contributed by atoms with Crippen LogP contribution in [-0.4, -0.2) is 44.9 Å². The number of carbonyl (C=O) groups excluding carboxylic acids is 3. The molecule has 10 nitrogen and oxygen atoms in total. The van der Waals surface area contributed by atoms with E-state index in [9.17, 15) is 14.4 Å². The number of aryl methyl sites for hydroxylation is 1. The van der Waals surface area contributed by atoms with Gasteiger partial charge in [0.2, 0.25) is 5.91 Å². The minimum Gasteiger partial charge on any atom is -0.486 e. The molecular weight excluding hydrogens is 502 g/mol. The molecule has 1 aromatic carbocycles. The summed E-state index contributed by atoms with van der Waals surface area (Å²) in [5, 5.41) is 11.8. The lowest BCUT2D eigenvalue weighted by Gasteiger charge is -2.10. The Labute approximate surface area is 216 Å². The fourth-order valence-electron chi connectivity index (χ4n) is 3.21. The number of allylic oxidation sites excluding steroid dienone is 1. The molecule has 0 aliphatic rings. The lowest BCUT2D eigenvalue weighted by atomic mass is 10.1. The molecule has 0 saturated carbocycles. The zero-order chi connectivity index (χ0) is 26.2. The van der Waals surface area contributed by atoms with Gasteiger partial charge in [0.05, 0.1) is 22.8 Å². The molecule has 0 unspecified atom stereocenters. The molecule has 0 fully saturated rings. The highest BCUT2D eigenvalue weighted by atomic mass is 32.2. The number of aromatic nitrogens is 3. The third-order valence-corrected chi connectivity index (χ3v) is 7.12.